The van der Waals surface area contributed by atoms with Gasteiger partial charge in [-0.15, -0.1) is 17.6 Å². The van der Waals surface area contributed by atoms with Crippen molar-refractivity contribution in [2.75, 3.05) is 0 Å². The van der Waals surface area contributed by atoms with Gasteiger partial charge in [0.1, 0.15) is 5.69 Å². The van der Waals surface area contributed by atoms with Crippen molar-refractivity contribution in [3.63, 3.8) is 0 Å². The lowest BCUT2D eigenvalue weighted by atomic mass is 9.87. The summed E-state index contributed by atoms with van der Waals surface area (Å²) in [6, 6.07) is 26.4. The van der Waals surface area contributed by atoms with Crippen molar-refractivity contribution in [2.45, 2.75) is 77.0 Å². The Labute approximate surface area is 267 Å². The number of aromatic amines is 1. The Morgan fingerprint density at radius 3 is 2.30 bits per heavy atom. The van der Waals surface area contributed by atoms with E-state index >= 15 is 0 Å². The molecule has 6 aromatic rings. The van der Waals surface area contributed by atoms with Gasteiger partial charge in [0.2, 0.25) is 5.82 Å². The van der Waals surface area contributed by atoms with Gasteiger partial charge < -0.3 is 14.1 Å². The third kappa shape index (κ3) is 6.11. The van der Waals surface area contributed by atoms with E-state index in [1.807, 2.05) is 45.8 Å². The Bertz CT molecular complexity index is 1920. The predicted molar refractivity (Wildman–Crippen MR) is 185 cm³/mol. The zero-order valence-corrected chi connectivity index (χ0v) is 27.7. The van der Waals surface area contributed by atoms with Crippen LogP contribution in [0.4, 0.5) is 0 Å². The first kappa shape index (κ1) is 30.0. The quantitative estimate of drug-likeness (QED) is 0.107. The topological polar surface area (TPSA) is 37.5 Å². The highest BCUT2D eigenvalue weighted by molar-refractivity contribution is 7.80. The number of imidazole rings is 1. The van der Waals surface area contributed by atoms with E-state index in [9.17, 15) is 0 Å². The molecule has 0 aliphatic carbocycles. The number of aromatic nitrogens is 4. The minimum atomic E-state index is -0.0284. The Kier molecular flexibility index (Phi) is 8.02. The Balaban J connectivity index is 1.35. The minimum absolute atomic E-state index is 0.0284. The van der Waals surface area contributed by atoms with Crippen LogP contribution in [-0.2, 0) is 11.8 Å². The van der Waals surface area contributed by atoms with Gasteiger partial charge >= 0.3 is 0 Å². The summed E-state index contributed by atoms with van der Waals surface area (Å²) in [5.74, 6) is 1.83. The zero-order valence-electron chi connectivity index (χ0n) is 26.8. The molecule has 0 aliphatic rings. The highest BCUT2D eigenvalue weighted by Crippen LogP contribution is 2.32. The van der Waals surface area contributed by atoms with Crippen LogP contribution in [0.1, 0.15) is 88.4 Å². The van der Waals surface area contributed by atoms with Crippen molar-refractivity contribution in [3.8, 4) is 22.6 Å². The van der Waals surface area contributed by atoms with Crippen molar-refractivity contribution in [3.05, 3.63) is 126 Å². The number of nitrogens with one attached hydrogen (secondary N) is 1. The third-order valence-electron chi connectivity index (χ3n) is 8.48. The Hall–Kier alpha value is -4.09. The molecule has 0 unspecified atom stereocenters. The summed E-state index contributed by atoms with van der Waals surface area (Å²) < 4.78 is 3.93. The standard InChI is InChI=1S/C39H42N4S/c1-25(2)28-17-29(26(3)4)19-30(18-28)27-12-13-34-31(16-27)23-40-35(34)22-33-20-32(39(5,6)7)21-38(41-33)43-15-14-42(24-43)36-10-8-9-11-37(36)44/h8-21,23,25-26,40,44H,22H2,1-7H3. The number of hydrogen-bond acceptors (Lipinski definition) is 2. The fourth-order valence-electron chi connectivity index (χ4n) is 5.68. The maximum Gasteiger partial charge on any atom is 0.203 e. The SMILES string of the molecule is CC(C)c1cc(-c2ccc3c(Cc4cc(C(C)(C)C)cc(-[n+]5[c-]n(-c6ccccc6S)cc5)n4)[nH]cc3c2)cc(C(C)C)c1. The first-order valence-electron chi connectivity index (χ1n) is 15.5. The van der Waals surface area contributed by atoms with Crippen molar-refractivity contribution in [1.29, 1.82) is 0 Å². The van der Waals surface area contributed by atoms with Crippen LogP contribution >= 0.6 is 12.6 Å². The van der Waals surface area contributed by atoms with Crippen LogP contribution in [-0.4, -0.2) is 14.5 Å². The average molecular weight is 599 g/mol. The van der Waals surface area contributed by atoms with Gasteiger partial charge in [-0.3, -0.25) is 0 Å². The minimum Gasteiger partial charge on any atom is -0.364 e. The fraction of sp³-hybridized carbons (Fsp3) is 0.282. The highest BCUT2D eigenvalue weighted by atomic mass is 32.1. The first-order valence-corrected chi connectivity index (χ1v) is 16.0. The second kappa shape index (κ2) is 11.8. The second-order valence-corrected chi connectivity index (χ2v) is 14.0. The molecule has 224 valence electrons. The van der Waals surface area contributed by atoms with Crippen LogP contribution < -0.4 is 4.57 Å². The average Bonchev–Trinajstić information content (AvgIpc) is 3.64. The van der Waals surface area contributed by atoms with Gasteiger partial charge in [0.15, 0.2) is 6.33 Å². The summed E-state index contributed by atoms with van der Waals surface area (Å²) in [6.45, 7) is 15.8. The molecule has 5 heteroatoms. The third-order valence-corrected chi connectivity index (χ3v) is 8.86. The molecule has 0 spiro atoms. The van der Waals surface area contributed by atoms with Crippen LogP contribution in [0.25, 0.3) is 33.4 Å². The molecule has 0 amide bonds. The second-order valence-electron chi connectivity index (χ2n) is 13.5. The largest absolute Gasteiger partial charge is 0.364 e. The molecule has 3 aromatic heterocycles. The van der Waals surface area contributed by atoms with E-state index in [1.165, 1.54) is 44.3 Å². The lowest BCUT2D eigenvalue weighted by Gasteiger charge is -2.20. The molecule has 0 bridgehead atoms. The predicted octanol–water partition coefficient (Wildman–Crippen LogP) is 9.52. The van der Waals surface area contributed by atoms with Gasteiger partial charge in [-0.2, -0.15) is 0 Å². The van der Waals surface area contributed by atoms with E-state index in [-0.39, 0.29) is 5.41 Å². The fourth-order valence-corrected chi connectivity index (χ4v) is 5.95. The van der Waals surface area contributed by atoms with Gasteiger partial charge in [-0.25, -0.2) is 0 Å². The van der Waals surface area contributed by atoms with Crippen molar-refractivity contribution in [2.24, 2.45) is 0 Å². The molecule has 6 rings (SSSR count). The van der Waals surface area contributed by atoms with Crippen molar-refractivity contribution < 1.29 is 4.57 Å². The van der Waals surface area contributed by atoms with E-state index < -0.39 is 0 Å². The van der Waals surface area contributed by atoms with E-state index in [0.29, 0.717) is 18.3 Å². The maximum atomic E-state index is 5.13. The van der Waals surface area contributed by atoms with Crippen LogP contribution in [0, 0.1) is 6.33 Å². The number of nitrogens with zero attached hydrogens (tertiary/aromatic N) is 3. The molecule has 3 aromatic carbocycles. The summed E-state index contributed by atoms with van der Waals surface area (Å²) in [5, 5.41) is 2.45. The molecule has 0 saturated carbocycles. The lowest BCUT2D eigenvalue weighted by molar-refractivity contribution is -0.603. The smallest absolute Gasteiger partial charge is 0.203 e. The summed E-state index contributed by atoms with van der Waals surface area (Å²) in [4.78, 5) is 9.61. The molecule has 4 nitrogen and oxygen atoms in total. The number of benzene rings is 3. The molecule has 44 heavy (non-hydrogen) atoms. The van der Waals surface area contributed by atoms with Gasteiger partial charge in [0.05, 0.1) is 5.69 Å². The molecule has 3 heterocycles. The number of thiol groups is 1. The van der Waals surface area contributed by atoms with Crippen LogP contribution in [0.3, 0.4) is 0 Å². The first-order chi connectivity index (χ1) is 21.0. The van der Waals surface area contributed by atoms with E-state index in [4.69, 9.17) is 4.98 Å². The number of H-pyrrole nitrogens is 1. The molecule has 0 radical (unpaired) electrons. The van der Waals surface area contributed by atoms with Crippen molar-refractivity contribution >= 4 is 23.4 Å². The van der Waals surface area contributed by atoms with Gasteiger partial charge in [0.25, 0.3) is 0 Å². The van der Waals surface area contributed by atoms with Gasteiger partial charge in [-0.05, 0) is 63.3 Å². The molecule has 0 atom stereocenters. The monoisotopic (exact) mass is 598 g/mol. The van der Waals surface area contributed by atoms with Crippen molar-refractivity contribution in [1.82, 2.24) is 14.5 Å². The lowest BCUT2D eigenvalue weighted by Crippen LogP contribution is -2.31. The molecular formula is C39H42N4S. The van der Waals surface area contributed by atoms with E-state index in [1.54, 1.807) is 0 Å². The normalized spacial score (nSPS) is 12.1. The van der Waals surface area contributed by atoms with E-state index in [2.05, 4.69) is 127 Å². The molecule has 0 saturated heterocycles. The summed E-state index contributed by atoms with van der Waals surface area (Å²) in [6.07, 6.45) is 10.3. The summed E-state index contributed by atoms with van der Waals surface area (Å²) >= 11 is 4.64. The highest BCUT2D eigenvalue weighted by Gasteiger charge is 2.20. The van der Waals surface area contributed by atoms with Gasteiger partial charge in [-0.1, -0.05) is 103 Å². The molecule has 1 N–H and O–H groups in total. The number of hydrogen-bond donors (Lipinski definition) is 2. The number of para-hydroxylation sites is 1. The Morgan fingerprint density at radius 2 is 1.61 bits per heavy atom. The molecular weight excluding hydrogens is 557 g/mol. The number of pyridine rings is 1. The molecule has 0 fully saturated rings. The number of fused-ring (bicyclic) bond motifs is 1. The van der Waals surface area contributed by atoms with E-state index in [0.717, 1.165) is 22.1 Å². The Morgan fingerprint density at radius 1 is 0.886 bits per heavy atom. The summed E-state index contributed by atoms with van der Waals surface area (Å²) in [5.41, 5.74) is 9.71. The maximum absolute atomic E-state index is 5.13. The summed E-state index contributed by atoms with van der Waals surface area (Å²) in [7, 11) is 0. The van der Waals surface area contributed by atoms with Gasteiger partial charge in [0, 0.05) is 46.4 Å². The number of rotatable bonds is 7. The van der Waals surface area contributed by atoms with Crippen LogP contribution in [0.5, 0.6) is 0 Å². The van der Waals surface area contributed by atoms with Crippen LogP contribution in [0.2, 0.25) is 0 Å². The van der Waals surface area contributed by atoms with Crippen LogP contribution in [0.15, 0.2) is 96.3 Å². The zero-order chi connectivity index (χ0) is 31.2. The molecule has 0 aliphatic heterocycles.